The maximum absolute atomic E-state index is 11.1. The average Bonchev–Trinajstić information content (AvgIpc) is 2.32. The zero-order valence-corrected chi connectivity index (χ0v) is 15.5. The Balaban J connectivity index is -0.000000580. The smallest absolute Gasteiger partial charge is 0.650 e. The van der Waals surface area contributed by atoms with Gasteiger partial charge in [0.2, 0.25) is 0 Å². The first-order valence-electron chi connectivity index (χ1n) is 5.79. The van der Waals surface area contributed by atoms with Gasteiger partial charge < -0.3 is 15.2 Å². The molecule has 5 heteroatoms. The summed E-state index contributed by atoms with van der Waals surface area (Å²) in [6.45, 7) is 9.28. The molecule has 0 bridgehead atoms. The number of carboxylic acid groups (broad SMARTS) is 1. The number of rotatable bonds is 6. The van der Waals surface area contributed by atoms with E-state index in [1.807, 2.05) is 26.8 Å². The number of aliphatic carboxylic acids is 1. The summed E-state index contributed by atoms with van der Waals surface area (Å²) < 4.78 is 0. The van der Waals surface area contributed by atoms with Gasteiger partial charge in [0.1, 0.15) is 0 Å². The van der Waals surface area contributed by atoms with Gasteiger partial charge in [-0.3, -0.25) is 4.79 Å². The van der Waals surface area contributed by atoms with Gasteiger partial charge in [0.05, 0.1) is 5.91 Å². The zero-order chi connectivity index (χ0) is 14.4. The van der Waals surface area contributed by atoms with E-state index in [9.17, 15) is 9.59 Å². The molecule has 1 amide bonds. The van der Waals surface area contributed by atoms with Crippen LogP contribution in [-0.4, -0.2) is 23.5 Å². The molecule has 0 aromatic carbocycles. The van der Waals surface area contributed by atoms with Gasteiger partial charge in [-0.25, -0.2) is 0 Å². The normalized spacial score (nSPS) is 9.95. The van der Waals surface area contributed by atoms with Crippen molar-refractivity contribution in [2.75, 3.05) is 6.54 Å². The molecule has 0 aliphatic rings. The predicted molar refractivity (Wildman–Crippen MR) is 74.5 cm³/mol. The Morgan fingerprint density at radius 1 is 1.26 bits per heavy atom. The molecule has 19 heavy (non-hydrogen) atoms. The van der Waals surface area contributed by atoms with Crippen LogP contribution < -0.4 is 51.4 Å². The van der Waals surface area contributed by atoms with E-state index in [-0.39, 0.29) is 70.3 Å². The number of hydrogen-bond donors (Lipinski definition) is 1. The Morgan fingerprint density at radius 3 is 2.21 bits per heavy atom. The molecule has 4 nitrogen and oxygen atoms in total. The topological polar surface area (TPSA) is 68.5 Å². The molecule has 0 spiro atoms. The molecular formula is C14H22KNO3. The molecule has 0 radical (unpaired) electrons. The van der Waals surface area contributed by atoms with Gasteiger partial charge in [-0.1, -0.05) is 30.2 Å². The first-order chi connectivity index (χ1) is 8.47. The Labute approximate surface area is 158 Å². The van der Waals surface area contributed by atoms with Crippen molar-refractivity contribution < 1.29 is 66.1 Å². The van der Waals surface area contributed by atoms with Crippen molar-refractivity contribution in [2.24, 2.45) is 0 Å². The first-order valence-corrected chi connectivity index (χ1v) is 5.79. The number of allylic oxidation sites excluding steroid dienone is 4. The van der Waals surface area contributed by atoms with Crippen LogP contribution in [0.25, 0.3) is 5.32 Å². The minimum Gasteiger partial charge on any atom is -0.650 e. The maximum Gasteiger partial charge on any atom is 1.00 e. The summed E-state index contributed by atoms with van der Waals surface area (Å²) in [6, 6.07) is 0. The fraction of sp³-hybridized carbons (Fsp3) is 0.429. The number of carbonyl (C=O) groups is 2. The van der Waals surface area contributed by atoms with Crippen molar-refractivity contribution in [1.82, 2.24) is 0 Å². The number of carbonyl (C=O) groups excluding carboxylic acids is 1. The first kappa shape index (κ1) is 23.9. The van der Waals surface area contributed by atoms with Crippen molar-refractivity contribution in [3.8, 4) is 0 Å². The molecule has 0 fully saturated rings. The monoisotopic (exact) mass is 291 g/mol. The summed E-state index contributed by atoms with van der Waals surface area (Å²) in [5.41, 5.74) is 0.990. The molecule has 0 aliphatic heterocycles. The fourth-order valence-electron chi connectivity index (χ4n) is 0.771. The van der Waals surface area contributed by atoms with Crippen LogP contribution in [0.15, 0.2) is 36.5 Å². The Hall–Kier alpha value is -0.204. The molecule has 0 aromatic rings. The van der Waals surface area contributed by atoms with E-state index < -0.39 is 5.97 Å². The van der Waals surface area contributed by atoms with Crippen LogP contribution in [-0.2, 0) is 9.59 Å². The van der Waals surface area contributed by atoms with E-state index in [1.165, 1.54) is 6.08 Å². The summed E-state index contributed by atoms with van der Waals surface area (Å²) >= 11 is 0. The predicted octanol–water partition coefficient (Wildman–Crippen LogP) is 0.470. The molecule has 0 rings (SSSR count). The van der Waals surface area contributed by atoms with E-state index in [0.29, 0.717) is 6.42 Å². The third kappa shape index (κ3) is 23.3. The van der Waals surface area contributed by atoms with Crippen molar-refractivity contribution in [3.05, 3.63) is 41.8 Å². The number of carboxylic acids is 1. The van der Waals surface area contributed by atoms with Crippen LogP contribution >= 0.6 is 0 Å². The third-order valence-electron chi connectivity index (χ3n) is 1.76. The van der Waals surface area contributed by atoms with Crippen LogP contribution in [0.1, 0.15) is 33.6 Å². The molecule has 1 N–H and O–H groups in total. The molecule has 0 heterocycles. The van der Waals surface area contributed by atoms with Gasteiger partial charge >= 0.3 is 57.4 Å². The van der Waals surface area contributed by atoms with Gasteiger partial charge in [-0.05, 0) is 26.8 Å². The molecule has 0 unspecified atom stereocenters. The summed E-state index contributed by atoms with van der Waals surface area (Å²) in [5.74, 6) is -1.18. The van der Waals surface area contributed by atoms with Gasteiger partial charge in [0.25, 0.3) is 0 Å². The Morgan fingerprint density at radius 2 is 1.79 bits per heavy atom. The number of nitrogens with zero attached hydrogens (tertiary/aromatic N) is 1. The van der Waals surface area contributed by atoms with Crippen molar-refractivity contribution >= 4 is 11.9 Å². The number of amides is 1. The largest absolute Gasteiger partial charge is 1.00 e. The second kappa shape index (κ2) is 17.8. The average molecular weight is 291 g/mol. The van der Waals surface area contributed by atoms with E-state index in [2.05, 4.69) is 11.9 Å². The van der Waals surface area contributed by atoms with Gasteiger partial charge in [0.15, 0.2) is 0 Å². The Kier molecular flexibility index (Phi) is 22.3. The van der Waals surface area contributed by atoms with Gasteiger partial charge in [-0.15, -0.1) is 13.1 Å². The summed E-state index contributed by atoms with van der Waals surface area (Å²) in [7, 11) is 0. The summed E-state index contributed by atoms with van der Waals surface area (Å²) in [5, 5.41) is 12.0. The Bertz CT molecular complexity index is 323. The zero-order valence-electron chi connectivity index (χ0n) is 12.3. The van der Waals surface area contributed by atoms with Crippen LogP contribution in [0.2, 0.25) is 0 Å². The molecule has 0 atom stereocenters. The molecule has 0 saturated carbocycles. The third-order valence-corrected chi connectivity index (χ3v) is 1.76. The standard InChI is InChI=1S/C11H17NO3.C3H6.K/c1-3-9(2)6-7-10(13)12-8-4-5-11(14)15;1-3-2;/h3,6-7H,4-5,8H2,1-2H3,(H2,12,13,14,15);3H,1H2,2H3;/q;;+1/p-1/b7-6+,9-3+;;. The number of hydrogen-bond acceptors (Lipinski definition) is 2. The van der Waals surface area contributed by atoms with E-state index in [1.54, 1.807) is 12.2 Å². The minimum atomic E-state index is -0.863. The van der Waals surface area contributed by atoms with Crippen molar-refractivity contribution in [1.29, 1.82) is 0 Å². The van der Waals surface area contributed by atoms with Crippen LogP contribution in [0.5, 0.6) is 0 Å². The molecule has 0 aliphatic carbocycles. The SMILES string of the molecule is C/C=C(C)/C=C/C(=O)[N-]CCCC(=O)O.C=CC.[K+]. The minimum absolute atomic E-state index is 0. The van der Waals surface area contributed by atoms with Crippen LogP contribution in [0.3, 0.4) is 0 Å². The molecule has 102 valence electrons. The van der Waals surface area contributed by atoms with Crippen molar-refractivity contribution in [2.45, 2.75) is 33.6 Å². The van der Waals surface area contributed by atoms with E-state index >= 15 is 0 Å². The quantitative estimate of drug-likeness (QED) is 0.254. The van der Waals surface area contributed by atoms with E-state index in [4.69, 9.17) is 5.11 Å². The van der Waals surface area contributed by atoms with Crippen molar-refractivity contribution in [3.63, 3.8) is 0 Å². The molecule has 0 aromatic heterocycles. The summed E-state index contributed by atoms with van der Waals surface area (Å²) in [4.78, 5) is 21.2. The fourth-order valence-corrected chi connectivity index (χ4v) is 0.771. The van der Waals surface area contributed by atoms with Crippen LogP contribution in [0, 0.1) is 0 Å². The second-order valence-corrected chi connectivity index (χ2v) is 3.49. The van der Waals surface area contributed by atoms with Crippen LogP contribution in [0.4, 0.5) is 0 Å². The second-order valence-electron chi connectivity index (χ2n) is 3.49. The molecular weight excluding hydrogens is 269 g/mol. The van der Waals surface area contributed by atoms with E-state index in [0.717, 1.165) is 5.57 Å². The maximum atomic E-state index is 11.1. The van der Waals surface area contributed by atoms with Gasteiger partial charge in [0, 0.05) is 6.42 Å². The summed E-state index contributed by atoms with van der Waals surface area (Å²) in [6.07, 6.45) is 7.15. The van der Waals surface area contributed by atoms with Gasteiger partial charge in [-0.2, -0.15) is 0 Å². The molecule has 0 saturated heterocycles.